The molecule has 0 unspecified atom stereocenters. The number of piperidine rings is 1. The number of halogens is 2. The van der Waals surface area contributed by atoms with Crippen molar-refractivity contribution in [3.8, 4) is 0 Å². The number of amides is 2. The fourth-order valence-corrected chi connectivity index (χ4v) is 3.82. The molecule has 1 heterocycles. The van der Waals surface area contributed by atoms with Crippen LogP contribution in [0, 0.1) is 25.6 Å². The van der Waals surface area contributed by atoms with Gasteiger partial charge in [-0.15, -0.1) is 0 Å². The Labute approximate surface area is 163 Å². The van der Waals surface area contributed by atoms with Gasteiger partial charge in [-0.2, -0.15) is 0 Å². The lowest BCUT2D eigenvalue weighted by Crippen LogP contribution is -2.41. The van der Waals surface area contributed by atoms with Crippen LogP contribution in [-0.4, -0.2) is 29.8 Å². The van der Waals surface area contributed by atoms with E-state index in [-0.39, 0.29) is 17.7 Å². The summed E-state index contributed by atoms with van der Waals surface area (Å²) in [6, 6.07) is 9.48. The topological polar surface area (TPSA) is 49.4 Å². The number of nitrogens with zero attached hydrogens (tertiary/aromatic N) is 1. The van der Waals surface area contributed by atoms with Gasteiger partial charge in [0.2, 0.25) is 5.91 Å². The summed E-state index contributed by atoms with van der Waals surface area (Å²) < 4.78 is 13.3. The molecule has 0 aromatic heterocycles. The summed E-state index contributed by atoms with van der Waals surface area (Å²) in [5.41, 5.74) is 2.94. The molecular formula is C21H22ClFN2O2. The molecule has 0 radical (unpaired) electrons. The minimum atomic E-state index is -0.430. The van der Waals surface area contributed by atoms with Gasteiger partial charge in [-0.1, -0.05) is 23.7 Å². The number of carbonyl (C=O) groups is 2. The van der Waals surface area contributed by atoms with Crippen LogP contribution in [0.2, 0.25) is 5.02 Å². The van der Waals surface area contributed by atoms with Crippen LogP contribution in [0.25, 0.3) is 0 Å². The number of anilines is 1. The van der Waals surface area contributed by atoms with E-state index in [0.29, 0.717) is 42.2 Å². The first-order valence-corrected chi connectivity index (χ1v) is 9.35. The molecular weight excluding hydrogens is 367 g/mol. The highest BCUT2D eigenvalue weighted by molar-refractivity contribution is 6.34. The highest BCUT2D eigenvalue weighted by Gasteiger charge is 2.28. The largest absolute Gasteiger partial charge is 0.339 e. The van der Waals surface area contributed by atoms with Crippen LogP contribution in [0.3, 0.4) is 0 Å². The molecule has 142 valence electrons. The number of benzene rings is 2. The Kier molecular flexibility index (Phi) is 5.80. The quantitative estimate of drug-likeness (QED) is 0.836. The summed E-state index contributed by atoms with van der Waals surface area (Å²) in [6.45, 7) is 4.80. The third-order valence-corrected chi connectivity index (χ3v) is 5.20. The van der Waals surface area contributed by atoms with Gasteiger partial charge in [0.1, 0.15) is 5.82 Å². The third kappa shape index (κ3) is 4.48. The molecule has 1 aliphatic rings. The molecule has 2 aromatic rings. The third-order valence-electron chi connectivity index (χ3n) is 4.90. The number of hydrogen-bond donors (Lipinski definition) is 1. The van der Waals surface area contributed by atoms with E-state index in [4.69, 9.17) is 11.6 Å². The van der Waals surface area contributed by atoms with Crippen molar-refractivity contribution >= 4 is 29.1 Å². The number of carbonyl (C=O) groups excluding carboxylic acids is 2. The second kappa shape index (κ2) is 8.09. The Morgan fingerprint density at radius 3 is 2.48 bits per heavy atom. The van der Waals surface area contributed by atoms with E-state index in [0.717, 1.165) is 11.1 Å². The number of hydrogen-bond acceptors (Lipinski definition) is 2. The predicted octanol–water partition coefficient (Wildman–Crippen LogP) is 4.59. The lowest BCUT2D eigenvalue weighted by Gasteiger charge is -2.31. The number of nitrogens with one attached hydrogen (secondary N) is 1. The first-order chi connectivity index (χ1) is 12.8. The van der Waals surface area contributed by atoms with Crippen molar-refractivity contribution in [1.82, 2.24) is 4.90 Å². The van der Waals surface area contributed by atoms with Crippen LogP contribution in [-0.2, 0) is 4.79 Å². The lowest BCUT2D eigenvalue weighted by atomic mass is 9.95. The number of likely N-dealkylation sites (tertiary alicyclic amines) is 1. The maximum atomic E-state index is 13.3. The second-order valence-corrected chi connectivity index (χ2v) is 7.41. The van der Waals surface area contributed by atoms with Gasteiger partial charge < -0.3 is 10.2 Å². The lowest BCUT2D eigenvalue weighted by molar-refractivity contribution is -0.121. The summed E-state index contributed by atoms with van der Waals surface area (Å²) in [5.74, 6) is -0.897. The highest BCUT2D eigenvalue weighted by Crippen LogP contribution is 2.29. The van der Waals surface area contributed by atoms with Gasteiger partial charge >= 0.3 is 0 Å². The summed E-state index contributed by atoms with van der Waals surface area (Å²) in [6.07, 6.45) is 1.13. The first-order valence-electron chi connectivity index (χ1n) is 8.97. The number of aryl methyl sites for hydroxylation is 2. The molecule has 3 rings (SSSR count). The Morgan fingerprint density at radius 2 is 1.85 bits per heavy atom. The maximum absolute atomic E-state index is 13.3. The van der Waals surface area contributed by atoms with Crippen molar-refractivity contribution in [2.45, 2.75) is 26.7 Å². The Hall–Kier alpha value is -2.40. The Morgan fingerprint density at radius 1 is 1.15 bits per heavy atom. The van der Waals surface area contributed by atoms with Crippen molar-refractivity contribution in [2.24, 2.45) is 5.92 Å². The Balaban J connectivity index is 1.60. The van der Waals surface area contributed by atoms with Crippen molar-refractivity contribution in [2.75, 3.05) is 18.4 Å². The van der Waals surface area contributed by atoms with Crippen LogP contribution in [0.1, 0.15) is 34.3 Å². The molecule has 1 N–H and O–H groups in total. The highest BCUT2D eigenvalue weighted by atomic mass is 35.5. The van der Waals surface area contributed by atoms with Crippen molar-refractivity contribution in [1.29, 1.82) is 0 Å². The minimum Gasteiger partial charge on any atom is -0.339 e. The van der Waals surface area contributed by atoms with Gasteiger partial charge in [0.15, 0.2) is 0 Å². The van der Waals surface area contributed by atoms with Crippen molar-refractivity contribution in [3.63, 3.8) is 0 Å². The number of rotatable bonds is 3. The van der Waals surface area contributed by atoms with Crippen LogP contribution in [0.15, 0.2) is 36.4 Å². The molecule has 1 fully saturated rings. The molecule has 1 aliphatic heterocycles. The zero-order valence-corrected chi connectivity index (χ0v) is 16.1. The van der Waals surface area contributed by atoms with E-state index in [9.17, 15) is 14.0 Å². The van der Waals surface area contributed by atoms with Crippen molar-refractivity contribution in [3.05, 3.63) is 63.9 Å². The van der Waals surface area contributed by atoms with E-state index in [1.165, 1.54) is 18.2 Å². The summed E-state index contributed by atoms with van der Waals surface area (Å²) in [5, 5.41) is 3.46. The predicted molar refractivity (Wildman–Crippen MR) is 105 cm³/mol. The molecule has 4 nitrogen and oxygen atoms in total. The molecule has 1 saturated heterocycles. The molecule has 0 bridgehead atoms. The zero-order valence-electron chi connectivity index (χ0n) is 15.4. The van der Waals surface area contributed by atoms with Gasteiger partial charge in [-0.25, -0.2) is 4.39 Å². The molecule has 0 atom stereocenters. The van der Waals surface area contributed by atoms with Crippen LogP contribution in [0.4, 0.5) is 10.1 Å². The molecule has 0 saturated carbocycles. The summed E-state index contributed by atoms with van der Waals surface area (Å²) in [4.78, 5) is 26.8. The molecule has 0 aliphatic carbocycles. The van der Waals surface area contributed by atoms with Crippen LogP contribution >= 0.6 is 11.6 Å². The van der Waals surface area contributed by atoms with E-state index >= 15 is 0 Å². The molecule has 2 amide bonds. The van der Waals surface area contributed by atoms with E-state index in [1.807, 2.05) is 26.0 Å². The fraction of sp³-hybridized carbons (Fsp3) is 0.333. The standard InChI is InChI=1S/C21H22ClFN2O2/c1-13-10-14(2)19(18(22)11-13)24-20(26)15-6-8-25(9-7-15)21(27)16-4-3-5-17(23)12-16/h3-5,10-12,15H,6-9H2,1-2H3,(H,24,26). The van der Waals surface area contributed by atoms with E-state index in [2.05, 4.69) is 5.32 Å². The monoisotopic (exact) mass is 388 g/mol. The first kappa shape index (κ1) is 19.4. The van der Waals surface area contributed by atoms with Gasteiger partial charge in [-0.3, -0.25) is 9.59 Å². The minimum absolute atomic E-state index is 0.0818. The fourth-order valence-electron chi connectivity index (χ4n) is 3.45. The van der Waals surface area contributed by atoms with Crippen LogP contribution in [0.5, 0.6) is 0 Å². The average molecular weight is 389 g/mol. The maximum Gasteiger partial charge on any atom is 0.253 e. The molecule has 0 spiro atoms. The summed E-state index contributed by atoms with van der Waals surface area (Å²) in [7, 11) is 0. The SMILES string of the molecule is Cc1cc(C)c(NC(=O)C2CCN(C(=O)c3cccc(F)c3)CC2)c(Cl)c1. The summed E-state index contributed by atoms with van der Waals surface area (Å²) >= 11 is 6.26. The van der Waals surface area contributed by atoms with Gasteiger partial charge in [0.05, 0.1) is 10.7 Å². The van der Waals surface area contributed by atoms with Gasteiger partial charge in [0.25, 0.3) is 5.91 Å². The van der Waals surface area contributed by atoms with Crippen LogP contribution < -0.4 is 5.32 Å². The Bertz CT molecular complexity index is 853. The average Bonchev–Trinajstić information content (AvgIpc) is 2.64. The second-order valence-electron chi connectivity index (χ2n) is 7.00. The zero-order chi connectivity index (χ0) is 19.6. The van der Waals surface area contributed by atoms with Crippen molar-refractivity contribution < 1.29 is 14.0 Å². The van der Waals surface area contributed by atoms with E-state index < -0.39 is 5.82 Å². The van der Waals surface area contributed by atoms with E-state index in [1.54, 1.807) is 11.0 Å². The molecule has 6 heteroatoms. The van der Waals surface area contributed by atoms with Gasteiger partial charge in [0, 0.05) is 24.6 Å². The smallest absolute Gasteiger partial charge is 0.253 e. The molecule has 27 heavy (non-hydrogen) atoms. The molecule has 2 aromatic carbocycles. The normalized spacial score (nSPS) is 14.9. The van der Waals surface area contributed by atoms with Gasteiger partial charge in [-0.05, 0) is 62.1 Å².